The lowest BCUT2D eigenvalue weighted by molar-refractivity contribution is 0.00746. The minimum absolute atomic E-state index is 0.0193. The van der Waals surface area contributed by atoms with E-state index in [-0.39, 0.29) is 12.7 Å². The number of hydrogen-bond donors (Lipinski definition) is 1. The first-order valence-electron chi connectivity index (χ1n) is 7.89. The van der Waals surface area contributed by atoms with Crippen LogP contribution in [0, 0.1) is 5.82 Å². The van der Waals surface area contributed by atoms with E-state index >= 15 is 0 Å². The monoisotopic (exact) mass is 327 g/mol. The molecule has 7 nitrogen and oxygen atoms in total. The van der Waals surface area contributed by atoms with E-state index in [1.54, 1.807) is 0 Å². The van der Waals surface area contributed by atoms with E-state index in [2.05, 4.69) is 10.3 Å². The summed E-state index contributed by atoms with van der Waals surface area (Å²) in [5.74, 6) is -1.24. The van der Waals surface area contributed by atoms with Gasteiger partial charge in [-0.3, -0.25) is 9.88 Å². The van der Waals surface area contributed by atoms with Crippen LogP contribution in [0.25, 0.3) is 0 Å². The Balaban J connectivity index is 1.99. The van der Waals surface area contributed by atoms with Gasteiger partial charge in [0.05, 0.1) is 18.9 Å². The fraction of sp³-hybridized carbons (Fsp3) is 0.667. The molecular formula is C15H22FN3O4. The van der Waals surface area contributed by atoms with Crippen LogP contribution in [0.4, 0.5) is 15.0 Å². The number of unbranched alkanes of at least 4 members (excludes halogenated alkanes) is 2. The number of nitrogens with one attached hydrogen (secondary N) is 1. The van der Waals surface area contributed by atoms with Gasteiger partial charge in [0.25, 0.3) is 0 Å². The second kappa shape index (κ2) is 8.05. The molecule has 1 saturated heterocycles. The second-order valence-corrected chi connectivity index (χ2v) is 5.57. The van der Waals surface area contributed by atoms with E-state index in [1.807, 2.05) is 13.8 Å². The molecule has 1 N–H and O–H groups in total. The van der Waals surface area contributed by atoms with Gasteiger partial charge < -0.3 is 9.47 Å². The standard InChI is InChI=1S/C15H22FN3O4/c1-3-4-5-8-22-15(21)18-13-11(16)9-19(14(20)17-13)12-7-6-10(2)23-12/h9-10,12H,3-8H2,1-2H3,(H,17,18,20,21)/t10-,12?/m1/s1. The maximum atomic E-state index is 14.0. The molecule has 0 saturated carbocycles. The van der Waals surface area contributed by atoms with Crippen molar-refractivity contribution in [2.45, 2.75) is 58.3 Å². The smallest absolute Gasteiger partial charge is 0.412 e. The lowest BCUT2D eigenvalue weighted by Crippen LogP contribution is -2.29. The van der Waals surface area contributed by atoms with Gasteiger partial charge in [0.2, 0.25) is 0 Å². The molecule has 23 heavy (non-hydrogen) atoms. The fourth-order valence-electron chi connectivity index (χ4n) is 2.38. The second-order valence-electron chi connectivity index (χ2n) is 5.57. The summed E-state index contributed by atoms with van der Waals surface area (Å²) in [5, 5.41) is 2.15. The maximum Gasteiger partial charge on any atom is 0.412 e. The van der Waals surface area contributed by atoms with Crippen molar-refractivity contribution in [3.05, 3.63) is 22.5 Å². The van der Waals surface area contributed by atoms with E-state index in [4.69, 9.17) is 9.47 Å². The van der Waals surface area contributed by atoms with Crippen molar-refractivity contribution in [1.82, 2.24) is 9.55 Å². The fourth-order valence-corrected chi connectivity index (χ4v) is 2.38. The third-order valence-corrected chi connectivity index (χ3v) is 3.63. The molecule has 2 rings (SSSR count). The van der Waals surface area contributed by atoms with Gasteiger partial charge in [-0.15, -0.1) is 0 Å². The zero-order chi connectivity index (χ0) is 16.8. The normalized spacial score (nSPS) is 20.5. The number of anilines is 1. The Kier molecular flexibility index (Phi) is 6.09. The van der Waals surface area contributed by atoms with Gasteiger partial charge in [-0.25, -0.2) is 14.0 Å². The van der Waals surface area contributed by atoms with Gasteiger partial charge in [-0.05, 0) is 26.2 Å². The number of aromatic nitrogens is 2. The number of halogens is 1. The van der Waals surface area contributed by atoms with Crippen LogP contribution >= 0.6 is 0 Å². The number of rotatable bonds is 6. The van der Waals surface area contributed by atoms with E-state index < -0.39 is 29.6 Å². The first kappa shape index (κ1) is 17.4. The van der Waals surface area contributed by atoms with Crippen molar-refractivity contribution >= 4 is 11.9 Å². The number of amides is 1. The Morgan fingerprint density at radius 2 is 2.30 bits per heavy atom. The summed E-state index contributed by atoms with van der Waals surface area (Å²) in [6.07, 6.45) is 3.77. The molecule has 2 heterocycles. The van der Waals surface area contributed by atoms with E-state index in [0.29, 0.717) is 6.42 Å². The predicted molar refractivity (Wildman–Crippen MR) is 81.8 cm³/mol. The molecule has 1 aromatic heterocycles. The lowest BCUT2D eigenvalue weighted by Gasteiger charge is -2.15. The molecule has 0 bridgehead atoms. The highest BCUT2D eigenvalue weighted by molar-refractivity contribution is 5.83. The van der Waals surface area contributed by atoms with E-state index in [9.17, 15) is 14.0 Å². The summed E-state index contributed by atoms with van der Waals surface area (Å²) in [5.41, 5.74) is -0.674. The Labute approximate surface area is 133 Å². The molecule has 8 heteroatoms. The van der Waals surface area contributed by atoms with Crippen molar-refractivity contribution in [3.63, 3.8) is 0 Å². The van der Waals surface area contributed by atoms with Crippen LogP contribution in [0.15, 0.2) is 11.0 Å². The first-order chi connectivity index (χ1) is 11.0. The van der Waals surface area contributed by atoms with E-state index in [1.165, 1.54) is 0 Å². The average molecular weight is 327 g/mol. The van der Waals surface area contributed by atoms with Gasteiger partial charge in [0, 0.05) is 0 Å². The molecule has 0 aliphatic carbocycles. The summed E-state index contributed by atoms with van der Waals surface area (Å²) in [4.78, 5) is 27.1. The summed E-state index contributed by atoms with van der Waals surface area (Å²) in [6, 6.07) is 0. The zero-order valence-corrected chi connectivity index (χ0v) is 13.4. The first-order valence-corrected chi connectivity index (χ1v) is 7.89. The number of carbonyl (C=O) groups is 1. The topological polar surface area (TPSA) is 82.5 Å². The summed E-state index contributed by atoms with van der Waals surface area (Å²) in [7, 11) is 0. The molecule has 1 aliphatic rings. The van der Waals surface area contributed by atoms with Crippen LogP contribution in [0.5, 0.6) is 0 Å². The van der Waals surface area contributed by atoms with Crippen LogP contribution < -0.4 is 11.0 Å². The highest BCUT2D eigenvalue weighted by Crippen LogP contribution is 2.26. The molecule has 1 unspecified atom stereocenters. The Morgan fingerprint density at radius 1 is 1.52 bits per heavy atom. The van der Waals surface area contributed by atoms with Crippen LogP contribution in [-0.2, 0) is 9.47 Å². The predicted octanol–water partition coefficient (Wildman–Crippen LogP) is 2.82. The molecular weight excluding hydrogens is 305 g/mol. The molecule has 1 aliphatic heterocycles. The van der Waals surface area contributed by atoms with Crippen LogP contribution in [-0.4, -0.2) is 28.4 Å². The summed E-state index contributed by atoms with van der Waals surface area (Å²) >= 11 is 0. The van der Waals surface area contributed by atoms with Gasteiger partial charge >= 0.3 is 11.8 Å². The summed E-state index contributed by atoms with van der Waals surface area (Å²) < 4.78 is 25.6. The van der Waals surface area contributed by atoms with Crippen molar-refractivity contribution in [3.8, 4) is 0 Å². The van der Waals surface area contributed by atoms with Gasteiger partial charge in [0.15, 0.2) is 11.6 Å². The molecule has 0 radical (unpaired) electrons. The van der Waals surface area contributed by atoms with Crippen LogP contribution in [0.2, 0.25) is 0 Å². The van der Waals surface area contributed by atoms with Crippen molar-refractivity contribution in [1.29, 1.82) is 0 Å². The Hall–Kier alpha value is -1.96. The molecule has 0 aromatic carbocycles. The van der Waals surface area contributed by atoms with Crippen molar-refractivity contribution in [2.75, 3.05) is 11.9 Å². The minimum atomic E-state index is -0.824. The van der Waals surface area contributed by atoms with Crippen molar-refractivity contribution < 1.29 is 18.7 Å². The Morgan fingerprint density at radius 3 is 2.96 bits per heavy atom. The highest BCUT2D eigenvalue weighted by Gasteiger charge is 2.25. The van der Waals surface area contributed by atoms with Crippen LogP contribution in [0.3, 0.4) is 0 Å². The molecule has 1 amide bonds. The van der Waals surface area contributed by atoms with Crippen molar-refractivity contribution in [2.24, 2.45) is 0 Å². The Bertz CT molecular complexity index is 605. The number of hydrogen-bond acceptors (Lipinski definition) is 5. The number of ether oxygens (including phenoxy) is 2. The zero-order valence-electron chi connectivity index (χ0n) is 13.4. The van der Waals surface area contributed by atoms with E-state index in [0.717, 1.165) is 36.4 Å². The average Bonchev–Trinajstić information content (AvgIpc) is 2.93. The number of carbonyl (C=O) groups excluding carboxylic acids is 1. The largest absolute Gasteiger partial charge is 0.449 e. The maximum absolute atomic E-state index is 14.0. The van der Waals surface area contributed by atoms with Crippen LogP contribution in [0.1, 0.15) is 52.2 Å². The third kappa shape index (κ3) is 4.75. The van der Waals surface area contributed by atoms with Gasteiger partial charge in [-0.1, -0.05) is 19.8 Å². The lowest BCUT2D eigenvalue weighted by atomic mass is 10.2. The SMILES string of the molecule is CCCCCOC(=O)Nc1nc(=O)n(C2CC[C@@H](C)O2)cc1F. The van der Waals surface area contributed by atoms with Gasteiger partial charge in [0.1, 0.15) is 6.23 Å². The summed E-state index contributed by atoms with van der Waals surface area (Å²) in [6.45, 7) is 4.16. The molecule has 128 valence electrons. The highest BCUT2D eigenvalue weighted by atomic mass is 19.1. The molecule has 2 atom stereocenters. The molecule has 1 fully saturated rings. The third-order valence-electron chi connectivity index (χ3n) is 3.63. The molecule has 1 aromatic rings. The van der Waals surface area contributed by atoms with Gasteiger partial charge in [-0.2, -0.15) is 4.98 Å². The molecule has 0 spiro atoms. The minimum Gasteiger partial charge on any atom is -0.449 e. The quantitative estimate of drug-likeness (QED) is 0.812. The number of nitrogens with zero attached hydrogens (tertiary/aromatic N) is 2.